The molecule has 0 saturated carbocycles. The fourth-order valence-corrected chi connectivity index (χ4v) is 3.82. The number of anilines is 1. The summed E-state index contributed by atoms with van der Waals surface area (Å²) in [6.45, 7) is 4.11. The van der Waals surface area contributed by atoms with Crippen molar-refractivity contribution < 1.29 is 4.79 Å². The molecule has 0 radical (unpaired) electrons. The lowest BCUT2D eigenvalue weighted by Gasteiger charge is -2.10. The SMILES string of the molecule is CCc1ccccc1NC(=O)CSc1ncnc2nc(-c3ccc(C)cc3)ncc12. The first-order chi connectivity index (χ1) is 14.6. The molecule has 0 aliphatic heterocycles. The Morgan fingerprint density at radius 1 is 1.03 bits per heavy atom. The lowest BCUT2D eigenvalue weighted by Crippen LogP contribution is -2.15. The van der Waals surface area contributed by atoms with Crippen molar-refractivity contribution in [1.29, 1.82) is 0 Å². The predicted molar refractivity (Wildman–Crippen MR) is 120 cm³/mol. The zero-order chi connectivity index (χ0) is 20.9. The summed E-state index contributed by atoms with van der Waals surface area (Å²) in [6.07, 6.45) is 4.06. The quantitative estimate of drug-likeness (QED) is 0.363. The number of nitrogens with one attached hydrogen (secondary N) is 1. The number of aryl methyl sites for hydroxylation is 2. The first-order valence-electron chi connectivity index (χ1n) is 9.69. The standard InChI is InChI=1S/C23H21N5OS/c1-3-16-6-4-5-7-19(16)27-20(29)13-30-23-18-12-24-21(28-22(18)25-14-26-23)17-10-8-15(2)9-11-17/h4-12,14H,3,13H2,1-2H3,(H,27,29). The van der Waals surface area contributed by atoms with Crippen molar-refractivity contribution in [3.8, 4) is 11.4 Å². The molecule has 2 aromatic carbocycles. The highest BCUT2D eigenvalue weighted by Gasteiger charge is 2.12. The average molecular weight is 416 g/mol. The molecule has 0 unspecified atom stereocenters. The van der Waals surface area contributed by atoms with Gasteiger partial charge in [0.25, 0.3) is 0 Å². The van der Waals surface area contributed by atoms with Crippen LogP contribution < -0.4 is 5.32 Å². The van der Waals surface area contributed by atoms with Crippen LogP contribution in [0.1, 0.15) is 18.1 Å². The zero-order valence-electron chi connectivity index (χ0n) is 16.8. The average Bonchev–Trinajstić information content (AvgIpc) is 2.78. The summed E-state index contributed by atoms with van der Waals surface area (Å²) >= 11 is 1.35. The van der Waals surface area contributed by atoms with Crippen molar-refractivity contribution in [3.05, 3.63) is 72.2 Å². The number of aromatic nitrogens is 4. The maximum absolute atomic E-state index is 12.5. The van der Waals surface area contributed by atoms with Crippen molar-refractivity contribution in [2.24, 2.45) is 0 Å². The van der Waals surface area contributed by atoms with Crippen molar-refractivity contribution in [2.75, 3.05) is 11.1 Å². The summed E-state index contributed by atoms with van der Waals surface area (Å²) in [7, 11) is 0. The van der Waals surface area contributed by atoms with Gasteiger partial charge in [0.2, 0.25) is 5.91 Å². The van der Waals surface area contributed by atoms with Crippen LogP contribution in [0.3, 0.4) is 0 Å². The van der Waals surface area contributed by atoms with Crippen molar-refractivity contribution in [2.45, 2.75) is 25.3 Å². The van der Waals surface area contributed by atoms with Gasteiger partial charge >= 0.3 is 0 Å². The van der Waals surface area contributed by atoms with Gasteiger partial charge < -0.3 is 5.32 Å². The fraction of sp³-hybridized carbons (Fsp3) is 0.174. The molecule has 1 N–H and O–H groups in total. The smallest absolute Gasteiger partial charge is 0.234 e. The number of thioether (sulfide) groups is 1. The third kappa shape index (κ3) is 4.46. The number of benzene rings is 2. The number of hydrogen-bond acceptors (Lipinski definition) is 6. The summed E-state index contributed by atoms with van der Waals surface area (Å²) in [4.78, 5) is 30.1. The molecule has 150 valence electrons. The zero-order valence-corrected chi connectivity index (χ0v) is 17.6. The Morgan fingerprint density at radius 2 is 1.83 bits per heavy atom. The molecule has 2 aromatic heterocycles. The van der Waals surface area contributed by atoms with Gasteiger partial charge in [-0.1, -0.05) is 66.7 Å². The van der Waals surface area contributed by atoms with Crippen LogP contribution in [0.15, 0.2) is 66.1 Å². The molecule has 4 rings (SSSR count). The Labute approximate surface area is 179 Å². The number of rotatable bonds is 6. The number of carbonyl (C=O) groups excluding carboxylic acids is 1. The maximum atomic E-state index is 12.5. The highest BCUT2D eigenvalue weighted by atomic mass is 32.2. The normalized spacial score (nSPS) is 10.9. The van der Waals surface area contributed by atoms with Gasteiger partial charge in [-0.25, -0.2) is 19.9 Å². The van der Waals surface area contributed by atoms with E-state index >= 15 is 0 Å². The first kappa shape index (κ1) is 20.0. The second-order valence-electron chi connectivity index (χ2n) is 6.82. The molecule has 0 atom stereocenters. The van der Waals surface area contributed by atoms with Crippen LogP contribution in [0.25, 0.3) is 22.4 Å². The minimum absolute atomic E-state index is 0.0788. The lowest BCUT2D eigenvalue weighted by molar-refractivity contribution is -0.113. The minimum atomic E-state index is -0.0788. The number of para-hydroxylation sites is 1. The molecule has 6 nitrogen and oxygen atoms in total. The molecule has 0 saturated heterocycles. The Morgan fingerprint density at radius 3 is 2.63 bits per heavy atom. The van der Waals surface area contributed by atoms with E-state index in [1.807, 2.05) is 55.5 Å². The highest BCUT2D eigenvalue weighted by molar-refractivity contribution is 8.00. The summed E-state index contributed by atoms with van der Waals surface area (Å²) in [5.74, 6) is 0.778. The monoisotopic (exact) mass is 415 g/mol. The molecule has 0 aliphatic carbocycles. The Bertz CT molecular complexity index is 1190. The summed E-state index contributed by atoms with van der Waals surface area (Å²) in [6, 6.07) is 15.9. The Hall–Kier alpha value is -3.32. The summed E-state index contributed by atoms with van der Waals surface area (Å²) in [5.41, 5.74) is 4.64. The number of hydrogen-bond donors (Lipinski definition) is 1. The van der Waals surface area contributed by atoms with Gasteiger partial charge in [0.15, 0.2) is 11.5 Å². The highest BCUT2D eigenvalue weighted by Crippen LogP contribution is 2.25. The molecule has 2 heterocycles. The van der Waals surface area contributed by atoms with E-state index in [-0.39, 0.29) is 11.7 Å². The molecular weight excluding hydrogens is 394 g/mol. The predicted octanol–water partition coefficient (Wildman–Crippen LogP) is 4.69. The van der Waals surface area contributed by atoms with Gasteiger partial charge in [-0.15, -0.1) is 0 Å². The number of nitrogens with zero attached hydrogens (tertiary/aromatic N) is 4. The molecule has 0 spiro atoms. The van der Waals surface area contributed by atoms with E-state index < -0.39 is 0 Å². The second-order valence-corrected chi connectivity index (χ2v) is 7.79. The van der Waals surface area contributed by atoms with E-state index in [1.165, 1.54) is 23.7 Å². The lowest BCUT2D eigenvalue weighted by atomic mass is 10.1. The van der Waals surface area contributed by atoms with Gasteiger partial charge in [-0.05, 0) is 25.0 Å². The van der Waals surface area contributed by atoms with Crippen LogP contribution in [0.4, 0.5) is 5.69 Å². The van der Waals surface area contributed by atoms with Crippen LogP contribution in [-0.4, -0.2) is 31.6 Å². The third-order valence-corrected chi connectivity index (χ3v) is 5.68. The van der Waals surface area contributed by atoms with Gasteiger partial charge in [0, 0.05) is 17.4 Å². The van der Waals surface area contributed by atoms with Gasteiger partial charge in [0.1, 0.15) is 11.4 Å². The number of fused-ring (bicyclic) bond motifs is 1. The largest absolute Gasteiger partial charge is 0.325 e. The molecular formula is C23H21N5OS. The molecule has 1 amide bonds. The van der Waals surface area contributed by atoms with Crippen LogP contribution >= 0.6 is 11.8 Å². The molecule has 4 aromatic rings. The van der Waals surface area contributed by atoms with E-state index in [0.717, 1.165) is 28.6 Å². The molecule has 0 aliphatic rings. The second kappa shape index (κ2) is 9.00. The minimum Gasteiger partial charge on any atom is -0.325 e. The van der Waals surface area contributed by atoms with Crippen molar-refractivity contribution in [3.63, 3.8) is 0 Å². The molecule has 30 heavy (non-hydrogen) atoms. The topological polar surface area (TPSA) is 80.7 Å². The molecule has 0 bridgehead atoms. The van der Waals surface area contributed by atoms with E-state index in [1.54, 1.807) is 6.20 Å². The third-order valence-electron chi connectivity index (χ3n) is 4.68. The Balaban J connectivity index is 1.50. The van der Waals surface area contributed by atoms with Crippen LogP contribution in [0, 0.1) is 6.92 Å². The fourth-order valence-electron chi connectivity index (χ4n) is 3.06. The van der Waals surface area contributed by atoms with Crippen molar-refractivity contribution in [1.82, 2.24) is 19.9 Å². The number of amides is 1. The first-order valence-corrected chi connectivity index (χ1v) is 10.7. The van der Waals surface area contributed by atoms with E-state index in [9.17, 15) is 4.79 Å². The van der Waals surface area contributed by atoms with E-state index in [4.69, 9.17) is 0 Å². The molecule has 7 heteroatoms. The van der Waals surface area contributed by atoms with Crippen LogP contribution in [0.5, 0.6) is 0 Å². The van der Waals surface area contributed by atoms with Gasteiger partial charge in [-0.3, -0.25) is 4.79 Å². The summed E-state index contributed by atoms with van der Waals surface area (Å²) in [5, 5.41) is 4.41. The molecule has 0 fully saturated rings. The van der Waals surface area contributed by atoms with Gasteiger partial charge in [0.05, 0.1) is 11.1 Å². The van der Waals surface area contributed by atoms with Gasteiger partial charge in [-0.2, -0.15) is 0 Å². The van der Waals surface area contributed by atoms with E-state index in [2.05, 4.69) is 32.2 Å². The number of carbonyl (C=O) groups is 1. The van der Waals surface area contributed by atoms with Crippen LogP contribution in [0.2, 0.25) is 0 Å². The summed E-state index contributed by atoms with van der Waals surface area (Å²) < 4.78 is 0. The maximum Gasteiger partial charge on any atom is 0.234 e. The van der Waals surface area contributed by atoms with E-state index in [0.29, 0.717) is 16.5 Å². The Kier molecular flexibility index (Phi) is 5.99. The van der Waals surface area contributed by atoms with Crippen LogP contribution in [-0.2, 0) is 11.2 Å². The van der Waals surface area contributed by atoms with Crippen molar-refractivity contribution >= 4 is 34.4 Å².